The van der Waals surface area contributed by atoms with Crippen molar-refractivity contribution in [2.45, 2.75) is 31.8 Å². The molecule has 2 atom stereocenters. The largest absolute Gasteiger partial charge is 0.373 e. The van der Waals surface area contributed by atoms with Crippen LogP contribution in [0.15, 0.2) is 23.2 Å². The van der Waals surface area contributed by atoms with Gasteiger partial charge in [-0.2, -0.15) is 0 Å². The summed E-state index contributed by atoms with van der Waals surface area (Å²) in [6.45, 7) is 6.13. The van der Waals surface area contributed by atoms with E-state index >= 15 is 0 Å². The van der Waals surface area contributed by atoms with Crippen molar-refractivity contribution in [1.82, 2.24) is 10.6 Å². The van der Waals surface area contributed by atoms with Crippen LogP contribution in [0.1, 0.15) is 26.2 Å². The molecule has 7 heteroatoms. The molecule has 2 heterocycles. The molecule has 1 aromatic rings. The Morgan fingerprint density at radius 1 is 1.35 bits per heavy atom. The Morgan fingerprint density at radius 3 is 2.88 bits per heavy atom. The summed E-state index contributed by atoms with van der Waals surface area (Å²) in [5.41, 5.74) is 0.620. The van der Waals surface area contributed by atoms with Crippen molar-refractivity contribution in [1.29, 1.82) is 0 Å². The zero-order valence-electron chi connectivity index (χ0n) is 15.5. The highest BCUT2D eigenvalue weighted by atomic mass is 19.2. The minimum Gasteiger partial charge on any atom is -0.373 e. The second-order valence-electron chi connectivity index (χ2n) is 7.41. The predicted molar refractivity (Wildman–Crippen MR) is 99.6 cm³/mol. The Balaban J connectivity index is 1.45. The fourth-order valence-corrected chi connectivity index (χ4v) is 3.62. The SMILES string of the molecule is CN=C(NCC1CCN(c2ccc(F)c(F)c2)C1)NCC1(C)CCCO1. The van der Waals surface area contributed by atoms with Crippen LogP contribution in [0.4, 0.5) is 14.5 Å². The maximum absolute atomic E-state index is 13.4. The Labute approximate surface area is 153 Å². The maximum Gasteiger partial charge on any atom is 0.191 e. The number of nitrogens with one attached hydrogen (secondary N) is 2. The van der Waals surface area contributed by atoms with Crippen molar-refractivity contribution >= 4 is 11.6 Å². The van der Waals surface area contributed by atoms with E-state index < -0.39 is 11.6 Å². The van der Waals surface area contributed by atoms with Crippen LogP contribution in [-0.2, 0) is 4.74 Å². The smallest absolute Gasteiger partial charge is 0.191 e. The van der Waals surface area contributed by atoms with E-state index in [1.165, 1.54) is 12.1 Å². The van der Waals surface area contributed by atoms with Gasteiger partial charge in [0.2, 0.25) is 0 Å². The molecule has 144 valence electrons. The molecular weight excluding hydrogens is 338 g/mol. The van der Waals surface area contributed by atoms with Crippen molar-refractivity contribution in [2.24, 2.45) is 10.9 Å². The molecule has 1 aromatic carbocycles. The van der Waals surface area contributed by atoms with Gasteiger partial charge in [0, 0.05) is 51.6 Å². The molecule has 0 spiro atoms. The highest BCUT2D eigenvalue weighted by Crippen LogP contribution is 2.25. The predicted octanol–water partition coefficient (Wildman–Crippen LogP) is 2.53. The summed E-state index contributed by atoms with van der Waals surface area (Å²) < 4.78 is 32.3. The fraction of sp³-hybridized carbons (Fsp3) is 0.632. The van der Waals surface area contributed by atoms with E-state index in [0.717, 1.165) is 63.7 Å². The zero-order chi connectivity index (χ0) is 18.6. The van der Waals surface area contributed by atoms with Crippen molar-refractivity contribution in [3.05, 3.63) is 29.8 Å². The molecular formula is C19H28F2N4O. The topological polar surface area (TPSA) is 48.9 Å². The normalized spacial score (nSPS) is 26.4. The molecule has 0 bridgehead atoms. The van der Waals surface area contributed by atoms with Gasteiger partial charge >= 0.3 is 0 Å². The summed E-state index contributed by atoms with van der Waals surface area (Å²) in [5, 5.41) is 6.71. The zero-order valence-corrected chi connectivity index (χ0v) is 15.5. The van der Waals surface area contributed by atoms with E-state index in [1.807, 2.05) is 0 Å². The average molecular weight is 366 g/mol. The first-order chi connectivity index (χ1) is 12.5. The Hall–Kier alpha value is -1.89. The summed E-state index contributed by atoms with van der Waals surface area (Å²) in [6.07, 6.45) is 3.17. The van der Waals surface area contributed by atoms with E-state index in [0.29, 0.717) is 5.92 Å². The minimum absolute atomic E-state index is 0.117. The van der Waals surface area contributed by atoms with Gasteiger partial charge in [0.25, 0.3) is 0 Å². The van der Waals surface area contributed by atoms with Gasteiger partial charge in [-0.15, -0.1) is 0 Å². The van der Waals surface area contributed by atoms with E-state index in [4.69, 9.17) is 4.74 Å². The number of aliphatic imine (C=N–C) groups is 1. The molecule has 2 saturated heterocycles. The van der Waals surface area contributed by atoms with E-state index in [1.54, 1.807) is 13.1 Å². The number of hydrogen-bond acceptors (Lipinski definition) is 3. The molecule has 2 N–H and O–H groups in total. The quantitative estimate of drug-likeness (QED) is 0.621. The Morgan fingerprint density at radius 2 is 2.19 bits per heavy atom. The number of nitrogens with zero attached hydrogens (tertiary/aromatic N) is 2. The summed E-state index contributed by atoms with van der Waals surface area (Å²) in [6, 6.07) is 4.10. The van der Waals surface area contributed by atoms with Crippen LogP contribution < -0.4 is 15.5 Å². The van der Waals surface area contributed by atoms with Gasteiger partial charge < -0.3 is 20.3 Å². The summed E-state index contributed by atoms with van der Waals surface area (Å²) in [7, 11) is 1.76. The molecule has 26 heavy (non-hydrogen) atoms. The van der Waals surface area contributed by atoms with Crippen LogP contribution in [0.3, 0.4) is 0 Å². The molecule has 0 amide bonds. The first-order valence-corrected chi connectivity index (χ1v) is 9.27. The Bertz CT molecular complexity index is 646. The first kappa shape index (κ1) is 18.9. The summed E-state index contributed by atoms with van der Waals surface area (Å²) >= 11 is 0. The summed E-state index contributed by atoms with van der Waals surface area (Å²) in [5.74, 6) is -0.398. The van der Waals surface area contributed by atoms with Gasteiger partial charge in [0.05, 0.1) is 5.60 Å². The lowest BCUT2D eigenvalue weighted by atomic mass is 10.0. The first-order valence-electron chi connectivity index (χ1n) is 9.27. The molecule has 0 radical (unpaired) electrons. The average Bonchev–Trinajstić information content (AvgIpc) is 3.27. The molecule has 2 fully saturated rings. The number of hydrogen-bond donors (Lipinski definition) is 2. The van der Waals surface area contributed by atoms with Crippen molar-refractivity contribution in [2.75, 3.05) is 44.7 Å². The summed E-state index contributed by atoms with van der Waals surface area (Å²) in [4.78, 5) is 6.37. The lowest BCUT2D eigenvalue weighted by Gasteiger charge is -2.25. The number of guanidine groups is 1. The lowest BCUT2D eigenvalue weighted by molar-refractivity contribution is 0.0243. The third-order valence-corrected chi connectivity index (χ3v) is 5.27. The Kier molecular flexibility index (Phi) is 5.96. The van der Waals surface area contributed by atoms with Gasteiger partial charge in [-0.1, -0.05) is 0 Å². The van der Waals surface area contributed by atoms with Gasteiger partial charge in [-0.05, 0) is 44.2 Å². The van der Waals surface area contributed by atoms with Gasteiger partial charge in [0.15, 0.2) is 17.6 Å². The van der Waals surface area contributed by atoms with Gasteiger partial charge in [-0.3, -0.25) is 4.99 Å². The fourth-order valence-electron chi connectivity index (χ4n) is 3.62. The monoisotopic (exact) mass is 366 g/mol. The van der Waals surface area contributed by atoms with Crippen LogP contribution in [0.5, 0.6) is 0 Å². The van der Waals surface area contributed by atoms with E-state index in [9.17, 15) is 8.78 Å². The lowest BCUT2D eigenvalue weighted by Crippen LogP contribution is -2.46. The third-order valence-electron chi connectivity index (χ3n) is 5.27. The van der Waals surface area contributed by atoms with Crippen LogP contribution in [0.25, 0.3) is 0 Å². The third kappa shape index (κ3) is 4.63. The molecule has 0 aromatic heterocycles. The second-order valence-corrected chi connectivity index (χ2v) is 7.41. The van der Waals surface area contributed by atoms with Gasteiger partial charge in [-0.25, -0.2) is 8.78 Å². The van der Waals surface area contributed by atoms with Crippen LogP contribution >= 0.6 is 0 Å². The van der Waals surface area contributed by atoms with Crippen LogP contribution in [-0.4, -0.2) is 51.4 Å². The number of anilines is 1. The van der Waals surface area contributed by atoms with E-state index in [-0.39, 0.29) is 5.60 Å². The molecule has 0 aliphatic carbocycles. The van der Waals surface area contributed by atoms with Crippen LogP contribution in [0, 0.1) is 17.6 Å². The number of benzene rings is 1. The van der Waals surface area contributed by atoms with Crippen molar-refractivity contribution in [3.63, 3.8) is 0 Å². The standard InChI is InChI=1S/C19H28F2N4O/c1-19(7-3-9-26-19)13-24-18(22-2)23-11-14-6-8-25(12-14)15-4-5-16(20)17(21)10-15/h4-5,10,14H,3,6-9,11-13H2,1-2H3,(H2,22,23,24). The highest BCUT2D eigenvalue weighted by Gasteiger charge is 2.30. The molecule has 2 aliphatic heterocycles. The molecule has 3 rings (SSSR count). The second kappa shape index (κ2) is 8.20. The number of ether oxygens (including phenoxy) is 1. The molecule has 2 unspecified atom stereocenters. The van der Waals surface area contributed by atoms with Crippen LogP contribution in [0.2, 0.25) is 0 Å². The minimum atomic E-state index is -0.805. The van der Waals surface area contributed by atoms with Crippen molar-refractivity contribution in [3.8, 4) is 0 Å². The van der Waals surface area contributed by atoms with E-state index in [2.05, 4.69) is 27.4 Å². The van der Waals surface area contributed by atoms with Gasteiger partial charge in [0.1, 0.15) is 0 Å². The number of halogens is 2. The number of rotatable bonds is 5. The van der Waals surface area contributed by atoms with Crippen molar-refractivity contribution < 1.29 is 13.5 Å². The maximum atomic E-state index is 13.4. The highest BCUT2D eigenvalue weighted by molar-refractivity contribution is 5.79. The molecule has 5 nitrogen and oxygen atoms in total. The molecule has 2 aliphatic rings. The molecule has 0 saturated carbocycles.